The van der Waals surface area contributed by atoms with Gasteiger partial charge in [-0.05, 0) is 24.6 Å². The molecule has 1 N–H and O–H groups in total. The van der Waals surface area contributed by atoms with Crippen molar-refractivity contribution in [3.05, 3.63) is 86.3 Å². The molecule has 0 atom stereocenters. The standard InChI is InChI=1S/C18H20N2O2/c1-7-11-15(16(9-3)19-10-4)12-17(13(5)8-2)20-14(6)18(21)22/h7-12H,1-5H2,6H3,(H,21,22)/b15-11-,17-12+,19-16?,20-14?. The second kappa shape index (κ2) is 9.83. The summed E-state index contributed by atoms with van der Waals surface area (Å²) in [6, 6.07) is 0. The normalized spacial score (nSPS) is 13.3. The van der Waals surface area contributed by atoms with Crippen LogP contribution < -0.4 is 0 Å². The topological polar surface area (TPSA) is 62.0 Å². The van der Waals surface area contributed by atoms with Gasteiger partial charge in [0.2, 0.25) is 0 Å². The van der Waals surface area contributed by atoms with Crippen LogP contribution >= 0.6 is 0 Å². The van der Waals surface area contributed by atoms with E-state index in [1.807, 2.05) is 0 Å². The maximum atomic E-state index is 11.0. The highest BCUT2D eigenvalue weighted by atomic mass is 16.4. The molecule has 0 unspecified atom stereocenters. The van der Waals surface area contributed by atoms with Crippen LogP contribution in [0.5, 0.6) is 0 Å². The molecule has 0 aromatic heterocycles. The maximum absolute atomic E-state index is 11.0. The van der Waals surface area contributed by atoms with Crippen LogP contribution in [0.3, 0.4) is 0 Å². The number of carboxylic acid groups (broad SMARTS) is 1. The van der Waals surface area contributed by atoms with E-state index < -0.39 is 5.97 Å². The van der Waals surface area contributed by atoms with Crippen molar-refractivity contribution in [1.29, 1.82) is 0 Å². The van der Waals surface area contributed by atoms with E-state index in [9.17, 15) is 4.79 Å². The van der Waals surface area contributed by atoms with Gasteiger partial charge in [0, 0.05) is 11.8 Å². The average Bonchev–Trinajstić information content (AvgIpc) is 2.50. The number of rotatable bonds is 9. The van der Waals surface area contributed by atoms with E-state index >= 15 is 0 Å². The van der Waals surface area contributed by atoms with Crippen LogP contribution in [-0.2, 0) is 4.79 Å². The Morgan fingerprint density at radius 1 is 1.14 bits per heavy atom. The molecule has 22 heavy (non-hydrogen) atoms. The lowest BCUT2D eigenvalue weighted by Crippen LogP contribution is -2.09. The molecule has 0 bridgehead atoms. The smallest absolute Gasteiger partial charge is 0.349 e. The minimum Gasteiger partial charge on any atom is -0.477 e. The van der Waals surface area contributed by atoms with Gasteiger partial charge in [-0.3, -0.25) is 4.99 Å². The number of hydrogen-bond donors (Lipinski definition) is 1. The summed E-state index contributed by atoms with van der Waals surface area (Å²) in [5.41, 5.74) is 1.98. The molecule has 0 aromatic carbocycles. The zero-order valence-electron chi connectivity index (χ0n) is 12.7. The predicted molar refractivity (Wildman–Crippen MR) is 94.3 cm³/mol. The fourth-order valence-corrected chi connectivity index (χ4v) is 1.35. The van der Waals surface area contributed by atoms with Crippen LogP contribution in [0.25, 0.3) is 0 Å². The molecule has 0 aromatic rings. The van der Waals surface area contributed by atoms with Crippen molar-refractivity contribution in [2.75, 3.05) is 0 Å². The number of aliphatic imine (C=N–C) groups is 2. The largest absolute Gasteiger partial charge is 0.477 e. The van der Waals surface area contributed by atoms with Gasteiger partial charge in [-0.1, -0.05) is 51.1 Å². The zero-order chi connectivity index (χ0) is 17.1. The number of nitrogens with zero attached hydrogens (tertiary/aromatic N) is 2. The Hall–Kier alpha value is -3.01. The maximum Gasteiger partial charge on any atom is 0.349 e. The Balaban J connectivity index is 6.18. The van der Waals surface area contributed by atoms with E-state index in [0.29, 0.717) is 22.6 Å². The first-order valence-corrected chi connectivity index (χ1v) is 6.37. The van der Waals surface area contributed by atoms with Crippen molar-refractivity contribution < 1.29 is 9.90 Å². The van der Waals surface area contributed by atoms with Gasteiger partial charge in [0.15, 0.2) is 0 Å². The molecule has 0 fully saturated rings. The van der Waals surface area contributed by atoms with Crippen molar-refractivity contribution in [2.45, 2.75) is 6.92 Å². The number of carbonyl (C=O) groups is 1. The summed E-state index contributed by atoms with van der Waals surface area (Å²) in [6.07, 6.45) is 9.35. The Kier molecular flexibility index (Phi) is 8.48. The Bertz CT molecular complexity index is 629. The average molecular weight is 296 g/mol. The SMILES string of the molecule is C=C/C=C(/C=C(/N=C(C)C(=O)O)C(=C)C=C)C(C=C)=NC=C. The van der Waals surface area contributed by atoms with E-state index in [1.165, 1.54) is 19.2 Å². The molecule has 0 saturated carbocycles. The van der Waals surface area contributed by atoms with Gasteiger partial charge < -0.3 is 5.11 Å². The molecule has 0 radical (unpaired) electrons. The van der Waals surface area contributed by atoms with E-state index in [4.69, 9.17) is 5.11 Å². The van der Waals surface area contributed by atoms with Crippen LogP contribution in [-0.4, -0.2) is 22.5 Å². The lowest BCUT2D eigenvalue weighted by molar-refractivity contribution is -0.129. The fourth-order valence-electron chi connectivity index (χ4n) is 1.35. The minimum absolute atomic E-state index is 0.0620. The van der Waals surface area contributed by atoms with Gasteiger partial charge in [-0.15, -0.1) is 0 Å². The molecule has 0 aliphatic rings. The molecule has 0 spiro atoms. The van der Waals surface area contributed by atoms with E-state index in [1.54, 1.807) is 24.3 Å². The van der Waals surface area contributed by atoms with Gasteiger partial charge in [-0.2, -0.15) is 0 Å². The number of carboxylic acids is 1. The summed E-state index contributed by atoms with van der Waals surface area (Å²) in [5, 5.41) is 8.96. The molecule has 0 rings (SSSR count). The van der Waals surface area contributed by atoms with Crippen LogP contribution in [0.1, 0.15) is 6.92 Å². The van der Waals surface area contributed by atoms with Gasteiger partial charge >= 0.3 is 5.97 Å². The molecule has 4 heteroatoms. The van der Waals surface area contributed by atoms with E-state index in [2.05, 4.69) is 42.9 Å². The second-order valence-corrected chi connectivity index (χ2v) is 4.02. The summed E-state index contributed by atoms with van der Waals surface area (Å²) in [4.78, 5) is 19.1. The number of hydrogen-bond acceptors (Lipinski definition) is 3. The highest BCUT2D eigenvalue weighted by Gasteiger charge is 2.07. The number of aliphatic carboxylic acids is 1. The molecular formula is C18H20N2O2. The molecular weight excluding hydrogens is 276 g/mol. The van der Waals surface area contributed by atoms with Crippen molar-refractivity contribution >= 4 is 17.4 Å². The molecule has 114 valence electrons. The van der Waals surface area contributed by atoms with Crippen LogP contribution in [0.15, 0.2) is 96.3 Å². The summed E-state index contributed by atoms with van der Waals surface area (Å²) < 4.78 is 0. The van der Waals surface area contributed by atoms with Crippen LogP contribution in [0.4, 0.5) is 0 Å². The Morgan fingerprint density at radius 3 is 2.18 bits per heavy atom. The summed E-state index contributed by atoms with van der Waals surface area (Å²) in [6.45, 7) is 19.7. The van der Waals surface area contributed by atoms with Crippen LogP contribution in [0, 0.1) is 0 Å². The minimum atomic E-state index is -1.11. The molecule has 0 aliphatic heterocycles. The van der Waals surface area contributed by atoms with Crippen molar-refractivity contribution in [1.82, 2.24) is 0 Å². The molecule has 0 amide bonds. The molecule has 4 nitrogen and oxygen atoms in total. The quantitative estimate of drug-likeness (QED) is 0.515. The fraction of sp³-hybridized carbons (Fsp3) is 0.0556. The van der Waals surface area contributed by atoms with Crippen molar-refractivity contribution in [3.63, 3.8) is 0 Å². The first-order valence-electron chi connectivity index (χ1n) is 6.37. The van der Waals surface area contributed by atoms with Crippen molar-refractivity contribution in [3.8, 4) is 0 Å². The lowest BCUT2D eigenvalue weighted by Gasteiger charge is -2.06. The second-order valence-electron chi connectivity index (χ2n) is 4.02. The predicted octanol–water partition coefficient (Wildman–Crippen LogP) is 4.04. The summed E-state index contributed by atoms with van der Waals surface area (Å²) in [5.74, 6) is -1.11. The molecule has 0 saturated heterocycles. The first-order chi connectivity index (χ1) is 10.4. The van der Waals surface area contributed by atoms with Crippen LogP contribution in [0.2, 0.25) is 0 Å². The third kappa shape index (κ3) is 5.96. The third-order valence-corrected chi connectivity index (χ3v) is 2.48. The Morgan fingerprint density at radius 2 is 1.77 bits per heavy atom. The van der Waals surface area contributed by atoms with E-state index in [-0.39, 0.29) is 5.71 Å². The van der Waals surface area contributed by atoms with Gasteiger partial charge in [0.1, 0.15) is 5.71 Å². The summed E-state index contributed by atoms with van der Waals surface area (Å²) in [7, 11) is 0. The zero-order valence-corrected chi connectivity index (χ0v) is 12.7. The third-order valence-electron chi connectivity index (χ3n) is 2.48. The molecule has 0 aliphatic carbocycles. The van der Waals surface area contributed by atoms with E-state index in [0.717, 1.165) is 0 Å². The monoisotopic (exact) mass is 296 g/mol. The lowest BCUT2D eigenvalue weighted by atomic mass is 10.1. The van der Waals surface area contributed by atoms with Crippen molar-refractivity contribution in [2.24, 2.45) is 9.98 Å². The highest BCUT2D eigenvalue weighted by Crippen LogP contribution is 2.16. The molecule has 0 heterocycles. The van der Waals surface area contributed by atoms with Gasteiger partial charge in [0.05, 0.1) is 11.4 Å². The number of allylic oxidation sites excluding steroid dienone is 6. The first kappa shape index (κ1) is 19.0. The summed E-state index contributed by atoms with van der Waals surface area (Å²) >= 11 is 0. The highest BCUT2D eigenvalue weighted by molar-refractivity contribution is 6.34. The van der Waals surface area contributed by atoms with Gasteiger partial charge in [-0.25, -0.2) is 9.79 Å². The Labute approximate surface area is 131 Å². The van der Waals surface area contributed by atoms with Gasteiger partial charge in [0.25, 0.3) is 0 Å².